The third-order valence-corrected chi connectivity index (χ3v) is 3.51. The molecule has 2 aromatic rings. The molecule has 0 unspecified atom stereocenters. The molecule has 0 aromatic carbocycles. The van der Waals surface area contributed by atoms with Crippen molar-refractivity contribution >= 4 is 5.69 Å². The van der Waals surface area contributed by atoms with Crippen molar-refractivity contribution < 1.29 is 4.92 Å². The molecule has 0 bridgehead atoms. The van der Waals surface area contributed by atoms with Crippen LogP contribution in [0.1, 0.15) is 36.7 Å². The lowest BCUT2D eigenvalue weighted by atomic mass is 10.1. The highest BCUT2D eigenvalue weighted by Crippen LogP contribution is 2.24. The number of nitrogens with zero attached hydrogens (tertiary/aromatic N) is 4. The molecule has 0 saturated carbocycles. The summed E-state index contributed by atoms with van der Waals surface area (Å²) in [6.07, 6.45) is 4.87. The number of nitro groups is 1. The standard InChI is InChI=1S/C14H18N4O3/c1-9(2)17-6-5-16(14(17)19)8-12-11(4)13(18(20)21)10(3)7-15-12/h5-7,9H,8H2,1-4H3. The van der Waals surface area contributed by atoms with Gasteiger partial charge in [-0.05, 0) is 27.7 Å². The Morgan fingerprint density at radius 2 is 2.00 bits per heavy atom. The zero-order valence-electron chi connectivity index (χ0n) is 12.5. The first-order valence-corrected chi connectivity index (χ1v) is 6.69. The lowest BCUT2D eigenvalue weighted by Crippen LogP contribution is -2.26. The van der Waals surface area contributed by atoms with Gasteiger partial charge in [-0.1, -0.05) is 0 Å². The van der Waals surface area contributed by atoms with Crippen molar-refractivity contribution in [2.45, 2.75) is 40.3 Å². The molecule has 2 aromatic heterocycles. The van der Waals surface area contributed by atoms with Crippen LogP contribution in [-0.2, 0) is 6.54 Å². The van der Waals surface area contributed by atoms with E-state index < -0.39 is 4.92 Å². The van der Waals surface area contributed by atoms with Gasteiger partial charge in [0.05, 0.1) is 22.7 Å². The molecule has 0 radical (unpaired) electrons. The van der Waals surface area contributed by atoms with Crippen LogP contribution in [0.4, 0.5) is 5.69 Å². The summed E-state index contributed by atoms with van der Waals surface area (Å²) in [4.78, 5) is 27.1. The summed E-state index contributed by atoms with van der Waals surface area (Å²) in [5, 5.41) is 11.1. The molecule has 0 atom stereocenters. The second kappa shape index (κ2) is 5.51. The van der Waals surface area contributed by atoms with Crippen molar-refractivity contribution in [3.05, 3.63) is 56.0 Å². The highest BCUT2D eigenvalue weighted by atomic mass is 16.6. The predicted molar refractivity (Wildman–Crippen MR) is 78.5 cm³/mol. The Kier molecular flexibility index (Phi) is 3.93. The van der Waals surface area contributed by atoms with Crippen molar-refractivity contribution in [2.24, 2.45) is 0 Å². The van der Waals surface area contributed by atoms with Crippen molar-refractivity contribution in [1.82, 2.24) is 14.1 Å². The van der Waals surface area contributed by atoms with E-state index in [2.05, 4.69) is 4.98 Å². The minimum Gasteiger partial charge on any atom is -0.297 e. The quantitative estimate of drug-likeness (QED) is 0.638. The average Bonchev–Trinajstić information content (AvgIpc) is 2.74. The fourth-order valence-electron chi connectivity index (χ4n) is 2.31. The second-order valence-corrected chi connectivity index (χ2v) is 5.33. The molecule has 0 amide bonds. The van der Waals surface area contributed by atoms with Crippen molar-refractivity contribution in [3.63, 3.8) is 0 Å². The minimum atomic E-state index is -0.405. The molecule has 7 heteroatoms. The molecule has 112 valence electrons. The van der Waals surface area contributed by atoms with Gasteiger partial charge in [0, 0.05) is 30.2 Å². The molecule has 0 aliphatic heterocycles. The minimum absolute atomic E-state index is 0.0661. The van der Waals surface area contributed by atoms with E-state index in [0.29, 0.717) is 16.8 Å². The van der Waals surface area contributed by atoms with E-state index in [1.165, 1.54) is 10.8 Å². The van der Waals surface area contributed by atoms with Crippen LogP contribution in [-0.4, -0.2) is 19.0 Å². The number of pyridine rings is 1. The van der Waals surface area contributed by atoms with Gasteiger partial charge < -0.3 is 0 Å². The number of aryl methyl sites for hydroxylation is 1. The Morgan fingerprint density at radius 3 is 2.52 bits per heavy atom. The summed E-state index contributed by atoms with van der Waals surface area (Å²) in [6, 6.07) is 0.0696. The molecular weight excluding hydrogens is 272 g/mol. The van der Waals surface area contributed by atoms with E-state index in [-0.39, 0.29) is 24.0 Å². The first kappa shape index (κ1) is 15.0. The van der Waals surface area contributed by atoms with Gasteiger partial charge >= 0.3 is 5.69 Å². The predicted octanol–water partition coefficient (Wildman–Crippen LogP) is 2.20. The Morgan fingerprint density at radius 1 is 1.33 bits per heavy atom. The van der Waals surface area contributed by atoms with Gasteiger partial charge in [-0.3, -0.25) is 24.2 Å². The Labute approximate surface area is 122 Å². The molecule has 0 spiro atoms. The highest BCUT2D eigenvalue weighted by molar-refractivity contribution is 5.47. The van der Waals surface area contributed by atoms with Crippen LogP contribution >= 0.6 is 0 Å². The number of aromatic nitrogens is 3. The lowest BCUT2D eigenvalue weighted by molar-refractivity contribution is -0.386. The number of hydrogen-bond donors (Lipinski definition) is 0. The van der Waals surface area contributed by atoms with Crippen LogP contribution in [0.15, 0.2) is 23.4 Å². The fourth-order valence-corrected chi connectivity index (χ4v) is 2.31. The molecule has 2 heterocycles. The maximum absolute atomic E-state index is 12.2. The Hall–Kier alpha value is -2.44. The normalized spacial score (nSPS) is 11.1. The topological polar surface area (TPSA) is 83.0 Å². The van der Waals surface area contributed by atoms with Crippen LogP contribution in [0.3, 0.4) is 0 Å². The van der Waals surface area contributed by atoms with Crippen molar-refractivity contribution in [1.29, 1.82) is 0 Å². The van der Waals surface area contributed by atoms with Gasteiger partial charge in [0.15, 0.2) is 0 Å². The van der Waals surface area contributed by atoms with Crippen LogP contribution in [0.5, 0.6) is 0 Å². The summed E-state index contributed by atoms with van der Waals surface area (Å²) in [5.74, 6) is 0. The van der Waals surface area contributed by atoms with Crippen molar-refractivity contribution in [3.8, 4) is 0 Å². The molecule has 0 aliphatic rings. The lowest BCUT2D eigenvalue weighted by Gasteiger charge is -2.08. The Bertz CT molecular complexity index is 743. The van der Waals surface area contributed by atoms with Crippen LogP contribution < -0.4 is 5.69 Å². The number of hydrogen-bond acceptors (Lipinski definition) is 4. The molecular formula is C14H18N4O3. The third-order valence-electron chi connectivity index (χ3n) is 3.51. The van der Waals surface area contributed by atoms with E-state index in [0.717, 1.165) is 0 Å². The van der Waals surface area contributed by atoms with Crippen molar-refractivity contribution in [2.75, 3.05) is 0 Å². The smallest absolute Gasteiger partial charge is 0.297 e. The van der Waals surface area contributed by atoms with Gasteiger partial charge in [0.1, 0.15) is 0 Å². The summed E-state index contributed by atoms with van der Waals surface area (Å²) in [5.41, 5.74) is 1.49. The summed E-state index contributed by atoms with van der Waals surface area (Å²) < 4.78 is 3.12. The van der Waals surface area contributed by atoms with Crippen LogP contribution in [0.25, 0.3) is 0 Å². The zero-order chi connectivity index (χ0) is 15.7. The van der Waals surface area contributed by atoms with Crippen LogP contribution in [0.2, 0.25) is 0 Å². The average molecular weight is 290 g/mol. The molecule has 0 N–H and O–H groups in total. The maximum atomic E-state index is 12.2. The van der Waals surface area contributed by atoms with E-state index in [1.54, 1.807) is 30.8 Å². The molecule has 2 rings (SSSR count). The fraction of sp³-hybridized carbons (Fsp3) is 0.429. The maximum Gasteiger partial charge on any atom is 0.328 e. The van der Waals surface area contributed by atoms with Gasteiger partial charge in [0.2, 0.25) is 0 Å². The van der Waals surface area contributed by atoms with E-state index in [1.807, 2.05) is 13.8 Å². The second-order valence-electron chi connectivity index (χ2n) is 5.33. The monoisotopic (exact) mass is 290 g/mol. The van der Waals surface area contributed by atoms with Gasteiger partial charge in [-0.2, -0.15) is 0 Å². The molecule has 0 saturated heterocycles. The summed E-state index contributed by atoms with van der Waals surface area (Å²) >= 11 is 0. The Balaban J connectivity index is 2.44. The van der Waals surface area contributed by atoms with Gasteiger partial charge in [0.25, 0.3) is 5.69 Å². The van der Waals surface area contributed by atoms with E-state index >= 15 is 0 Å². The van der Waals surface area contributed by atoms with Gasteiger partial charge in [-0.15, -0.1) is 0 Å². The first-order valence-electron chi connectivity index (χ1n) is 6.69. The SMILES string of the molecule is Cc1cnc(Cn2ccn(C(C)C)c2=O)c(C)c1[N+](=O)[O-]. The zero-order valence-corrected chi connectivity index (χ0v) is 12.5. The third kappa shape index (κ3) is 2.72. The molecule has 0 aliphatic carbocycles. The summed E-state index contributed by atoms with van der Waals surface area (Å²) in [7, 11) is 0. The van der Waals surface area contributed by atoms with Crippen LogP contribution in [0, 0.1) is 24.0 Å². The summed E-state index contributed by atoms with van der Waals surface area (Å²) in [6.45, 7) is 7.39. The van der Waals surface area contributed by atoms with E-state index in [4.69, 9.17) is 0 Å². The molecule has 7 nitrogen and oxygen atoms in total. The van der Waals surface area contributed by atoms with E-state index in [9.17, 15) is 14.9 Å². The molecule has 0 fully saturated rings. The first-order chi connectivity index (χ1) is 9.82. The largest absolute Gasteiger partial charge is 0.328 e. The highest BCUT2D eigenvalue weighted by Gasteiger charge is 2.19. The number of imidazole rings is 1. The molecule has 21 heavy (non-hydrogen) atoms. The van der Waals surface area contributed by atoms with Gasteiger partial charge in [-0.25, -0.2) is 4.79 Å². The number of rotatable bonds is 4.